The summed E-state index contributed by atoms with van der Waals surface area (Å²) in [6.45, 7) is 0. The van der Waals surface area contributed by atoms with Gasteiger partial charge >= 0.3 is 0 Å². The molecule has 0 atom stereocenters. The number of hydrogen-bond donors (Lipinski definition) is 1. The van der Waals surface area contributed by atoms with Crippen LogP contribution in [0.3, 0.4) is 0 Å². The van der Waals surface area contributed by atoms with Crippen molar-refractivity contribution in [1.82, 2.24) is 5.32 Å². The van der Waals surface area contributed by atoms with Crippen LogP contribution in [0.1, 0.15) is 36.3 Å². The molecular weight excluding hydrogens is 286 g/mol. The van der Waals surface area contributed by atoms with Gasteiger partial charge in [-0.05, 0) is 24.0 Å². The summed E-state index contributed by atoms with van der Waals surface area (Å²) < 4.78 is 0. The largest absolute Gasteiger partial charge is 0.329 e. The molecule has 0 bridgehead atoms. The van der Waals surface area contributed by atoms with Gasteiger partial charge in [0.25, 0.3) is 0 Å². The highest BCUT2D eigenvalue weighted by molar-refractivity contribution is 5.93. The number of allylic oxidation sites excluding steroid dienone is 2. The SMILES string of the molecule is O=C1C=C(NC(=O)C(c2ccccc2)c2ccccc2)CCC1. The number of amides is 1. The predicted molar refractivity (Wildman–Crippen MR) is 89.8 cm³/mol. The molecular formula is C20H19NO2. The van der Waals surface area contributed by atoms with E-state index in [0.717, 1.165) is 29.7 Å². The molecule has 0 saturated carbocycles. The molecule has 1 aliphatic carbocycles. The van der Waals surface area contributed by atoms with Crippen molar-refractivity contribution in [3.05, 3.63) is 83.6 Å². The standard InChI is InChI=1S/C20H19NO2/c22-18-13-7-12-17(14-18)21-20(23)19(15-8-3-1-4-9-15)16-10-5-2-6-11-16/h1-6,8-11,14,19H,7,12-13H2,(H,21,23). The fourth-order valence-electron chi connectivity index (χ4n) is 2.91. The van der Waals surface area contributed by atoms with Gasteiger partial charge < -0.3 is 5.32 Å². The van der Waals surface area contributed by atoms with E-state index in [0.29, 0.717) is 6.42 Å². The molecule has 0 spiro atoms. The lowest BCUT2D eigenvalue weighted by molar-refractivity contribution is -0.121. The van der Waals surface area contributed by atoms with Gasteiger partial charge in [-0.25, -0.2) is 0 Å². The Kier molecular flexibility index (Phi) is 4.67. The van der Waals surface area contributed by atoms with Gasteiger partial charge in [-0.1, -0.05) is 60.7 Å². The number of hydrogen-bond acceptors (Lipinski definition) is 2. The number of nitrogens with one attached hydrogen (secondary N) is 1. The first-order valence-corrected chi connectivity index (χ1v) is 7.88. The summed E-state index contributed by atoms with van der Waals surface area (Å²) in [6, 6.07) is 19.4. The van der Waals surface area contributed by atoms with Crippen LogP contribution in [0.15, 0.2) is 72.4 Å². The Morgan fingerprint density at radius 2 is 1.43 bits per heavy atom. The molecule has 2 aromatic rings. The van der Waals surface area contributed by atoms with Crippen LogP contribution in [-0.4, -0.2) is 11.7 Å². The molecule has 23 heavy (non-hydrogen) atoms. The molecule has 3 rings (SSSR count). The van der Waals surface area contributed by atoms with E-state index in [-0.39, 0.29) is 17.6 Å². The molecule has 0 saturated heterocycles. The highest BCUT2D eigenvalue weighted by Crippen LogP contribution is 2.25. The second-order valence-corrected chi connectivity index (χ2v) is 5.73. The maximum absolute atomic E-state index is 12.9. The number of ketones is 1. The Morgan fingerprint density at radius 3 is 1.96 bits per heavy atom. The van der Waals surface area contributed by atoms with E-state index in [1.54, 1.807) is 6.08 Å². The maximum atomic E-state index is 12.9. The molecule has 3 heteroatoms. The topological polar surface area (TPSA) is 46.2 Å². The molecule has 2 aromatic carbocycles. The van der Waals surface area contributed by atoms with Crippen LogP contribution in [0.2, 0.25) is 0 Å². The third-order valence-electron chi connectivity index (χ3n) is 4.02. The zero-order valence-electron chi connectivity index (χ0n) is 12.9. The second-order valence-electron chi connectivity index (χ2n) is 5.73. The van der Waals surface area contributed by atoms with E-state index in [4.69, 9.17) is 0 Å². The average molecular weight is 305 g/mol. The van der Waals surface area contributed by atoms with Crippen molar-refractivity contribution in [3.63, 3.8) is 0 Å². The Hall–Kier alpha value is -2.68. The molecule has 0 fully saturated rings. The quantitative estimate of drug-likeness (QED) is 0.938. The van der Waals surface area contributed by atoms with Gasteiger partial charge in [0.2, 0.25) is 5.91 Å². The molecule has 0 unspecified atom stereocenters. The Morgan fingerprint density at radius 1 is 0.870 bits per heavy atom. The van der Waals surface area contributed by atoms with Gasteiger partial charge in [0.05, 0.1) is 5.92 Å². The minimum absolute atomic E-state index is 0.0857. The zero-order chi connectivity index (χ0) is 16.1. The van der Waals surface area contributed by atoms with Crippen molar-refractivity contribution in [2.75, 3.05) is 0 Å². The third kappa shape index (κ3) is 3.75. The van der Waals surface area contributed by atoms with E-state index in [1.807, 2.05) is 60.7 Å². The average Bonchev–Trinajstić information content (AvgIpc) is 2.57. The summed E-state index contributed by atoms with van der Waals surface area (Å²) in [5.41, 5.74) is 2.61. The first-order valence-electron chi connectivity index (χ1n) is 7.88. The normalized spacial score (nSPS) is 14.5. The molecule has 1 N–H and O–H groups in total. The third-order valence-corrected chi connectivity index (χ3v) is 4.02. The van der Waals surface area contributed by atoms with E-state index in [2.05, 4.69) is 5.32 Å². The number of carbonyl (C=O) groups excluding carboxylic acids is 2. The summed E-state index contributed by atoms with van der Waals surface area (Å²) in [7, 11) is 0. The summed E-state index contributed by atoms with van der Waals surface area (Å²) in [5, 5.41) is 2.95. The van der Waals surface area contributed by atoms with Crippen LogP contribution in [0, 0.1) is 0 Å². The van der Waals surface area contributed by atoms with Crippen LogP contribution >= 0.6 is 0 Å². The van der Waals surface area contributed by atoms with Crippen LogP contribution < -0.4 is 5.32 Å². The fourth-order valence-corrected chi connectivity index (χ4v) is 2.91. The van der Waals surface area contributed by atoms with Crippen LogP contribution in [0.4, 0.5) is 0 Å². The lowest BCUT2D eigenvalue weighted by Crippen LogP contribution is -2.30. The van der Waals surface area contributed by atoms with E-state index in [1.165, 1.54) is 0 Å². The van der Waals surface area contributed by atoms with Crippen molar-refractivity contribution < 1.29 is 9.59 Å². The zero-order valence-corrected chi connectivity index (χ0v) is 12.9. The first kappa shape index (κ1) is 15.2. The van der Waals surface area contributed by atoms with Gasteiger partial charge in [-0.3, -0.25) is 9.59 Å². The van der Waals surface area contributed by atoms with E-state index in [9.17, 15) is 9.59 Å². The first-order chi connectivity index (χ1) is 11.2. The fraction of sp³-hybridized carbons (Fsp3) is 0.200. The molecule has 0 radical (unpaired) electrons. The molecule has 0 heterocycles. The molecule has 0 aromatic heterocycles. The Balaban J connectivity index is 1.89. The molecule has 116 valence electrons. The van der Waals surface area contributed by atoms with E-state index < -0.39 is 0 Å². The lowest BCUT2D eigenvalue weighted by atomic mass is 9.90. The molecule has 1 amide bonds. The summed E-state index contributed by atoms with van der Waals surface area (Å²) >= 11 is 0. The van der Waals surface area contributed by atoms with Crippen LogP contribution in [-0.2, 0) is 9.59 Å². The highest BCUT2D eigenvalue weighted by atomic mass is 16.2. The van der Waals surface area contributed by atoms with Crippen molar-refractivity contribution >= 4 is 11.7 Å². The van der Waals surface area contributed by atoms with Gasteiger partial charge in [-0.15, -0.1) is 0 Å². The summed E-state index contributed by atoms with van der Waals surface area (Å²) in [5.74, 6) is -0.388. The maximum Gasteiger partial charge on any atom is 0.236 e. The van der Waals surface area contributed by atoms with Gasteiger partial charge in [0.1, 0.15) is 0 Å². The van der Waals surface area contributed by atoms with Crippen molar-refractivity contribution in [2.45, 2.75) is 25.2 Å². The number of carbonyl (C=O) groups is 2. The highest BCUT2D eigenvalue weighted by Gasteiger charge is 2.24. The monoisotopic (exact) mass is 305 g/mol. The predicted octanol–water partition coefficient (Wildman–Crippen LogP) is 3.57. The van der Waals surface area contributed by atoms with Crippen molar-refractivity contribution in [3.8, 4) is 0 Å². The molecule has 1 aliphatic rings. The second kappa shape index (κ2) is 7.05. The number of benzene rings is 2. The smallest absolute Gasteiger partial charge is 0.236 e. The molecule has 0 aliphatic heterocycles. The number of rotatable bonds is 4. The van der Waals surface area contributed by atoms with Crippen molar-refractivity contribution in [1.29, 1.82) is 0 Å². The minimum atomic E-state index is -0.379. The van der Waals surface area contributed by atoms with Crippen LogP contribution in [0.25, 0.3) is 0 Å². The van der Waals surface area contributed by atoms with Gasteiger partial charge in [-0.2, -0.15) is 0 Å². The molecule has 3 nitrogen and oxygen atoms in total. The van der Waals surface area contributed by atoms with Crippen LogP contribution in [0.5, 0.6) is 0 Å². The summed E-state index contributed by atoms with van der Waals surface area (Å²) in [4.78, 5) is 24.4. The summed E-state index contributed by atoms with van der Waals surface area (Å²) in [6.07, 6.45) is 3.68. The Labute approximate surface area is 136 Å². The van der Waals surface area contributed by atoms with Gasteiger partial charge in [0, 0.05) is 18.2 Å². The Bertz CT molecular complexity index is 680. The minimum Gasteiger partial charge on any atom is -0.329 e. The van der Waals surface area contributed by atoms with Crippen molar-refractivity contribution in [2.24, 2.45) is 0 Å². The van der Waals surface area contributed by atoms with Gasteiger partial charge in [0.15, 0.2) is 5.78 Å². The lowest BCUT2D eigenvalue weighted by Gasteiger charge is -2.20. The van der Waals surface area contributed by atoms with E-state index >= 15 is 0 Å².